The Morgan fingerprint density at radius 3 is 2.36 bits per heavy atom. The smallest absolute Gasteiger partial charge is 0.310 e. The summed E-state index contributed by atoms with van der Waals surface area (Å²) in [6, 6.07) is 13.0. The van der Waals surface area contributed by atoms with Gasteiger partial charge in [-0.1, -0.05) is 47.5 Å². The van der Waals surface area contributed by atoms with Crippen LogP contribution in [0.5, 0.6) is 0 Å². The molecule has 2 aromatic carbocycles. The number of carbonyl (C=O) groups is 1. The number of para-hydroxylation sites is 2. The molecule has 22 heavy (non-hydrogen) atoms. The van der Waals surface area contributed by atoms with Crippen LogP contribution in [0.15, 0.2) is 42.5 Å². The van der Waals surface area contributed by atoms with Gasteiger partial charge in [-0.2, -0.15) is 0 Å². The van der Waals surface area contributed by atoms with Crippen molar-refractivity contribution >= 4 is 40.5 Å². The minimum absolute atomic E-state index is 0.205. The minimum atomic E-state index is -0.256. The van der Waals surface area contributed by atoms with Crippen molar-refractivity contribution in [1.82, 2.24) is 0 Å². The Hall–Kier alpha value is -1.71. The number of ether oxygens (including phenoxy) is 1. The average Bonchev–Trinajstić information content (AvgIpc) is 2.47. The first kappa shape index (κ1) is 16.7. The van der Waals surface area contributed by atoms with Crippen molar-refractivity contribution in [3.63, 3.8) is 0 Å². The van der Waals surface area contributed by atoms with E-state index >= 15 is 0 Å². The van der Waals surface area contributed by atoms with E-state index < -0.39 is 0 Å². The quantitative estimate of drug-likeness (QED) is 0.729. The molecule has 116 valence electrons. The summed E-state index contributed by atoms with van der Waals surface area (Å²) in [5, 5.41) is 1.11. The second-order valence-electron chi connectivity index (χ2n) is 4.74. The van der Waals surface area contributed by atoms with E-state index in [1.165, 1.54) is 0 Å². The van der Waals surface area contributed by atoms with E-state index in [0.717, 1.165) is 11.3 Å². The zero-order chi connectivity index (χ0) is 16.1. The normalized spacial score (nSPS) is 10.4. The van der Waals surface area contributed by atoms with Gasteiger partial charge in [0.25, 0.3) is 0 Å². The van der Waals surface area contributed by atoms with Crippen molar-refractivity contribution in [2.75, 3.05) is 18.6 Å². The highest BCUT2D eigenvalue weighted by Gasteiger charge is 2.16. The molecular formula is C17H17Cl2NO2. The summed E-state index contributed by atoms with van der Waals surface area (Å²) in [6.45, 7) is 2.16. The van der Waals surface area contributed by atoms with Crippen LogP contribution in [-0.4, -0.2) is 19.6 Å². The first-order valence-electron chi connectivity index (χ1n) is 6.95. The molecule has 0 aliphatic rings. The second-order valence-corrected chi connectivity index (χ2v) is 5.55. The van der Waals surface area contributed by atoms with Gasteiger partial charge in [0.15, 0.2) is 0 Å². The predicted molar refractivity (Wildman–Crippen MR) is 91.3 cm³/mol. The Kier molecular flexibility index (Phi) is 5.69. The largest absolute Gasteiger partial charge is 0.466 e. The van der Waals surface area contributed by atoms with Gasteiger partial charge < -0.3 is 9.64 Å². The van der Waals surface area contributed by atoms with Gasteiger partial charge in [-0.15, -0.1) is 0 Å². The fourth-order valence-corrected chi connectivity index (χ4v) is 2.94. The molecule has 0 spiro atoms. The Morgan fingerprint density at radius 1 is 1.09 bits per heavy atom. The van der Waals surface area contributed by atoms with Gasteiger partial charge in [0, 0.05) is 12.7 Å². The second kappa shape index (κ2) is 7.52. The summed E-state index contributed by atoms with van der Waals surface area (Å²) in [6.07, 6.45) is 0.205. The van der Waals surface area contributed by atoms with Crippen molar-refractivity contribution in [3.8, 4) is 0 Å². The molecule has 0 saturated carbocycles. The summed E-state index contributed by atoms with van der Waals surface area (Å²) in [5.74, 6) is -0.256. The Bertz CT molecular complexity index is 653. The number of carbonyl (C=O) groups excluding carboxylic acids is 1. The summed E-state index contributed by atoms with van der Waals surface area (Å²) >= 11 is 12.5. The van der Waals surface area contributed by atoms with Gasteiger partial charge in [-0.25, -0.2) is 0 Å². The van der Waals surface area contributed by atoms with Crippen LogP contribution in [0.2, 0.25) is 10.0 Å². The van der Waals surface area contributed by atoms with Gasteiger partial charge in [-0.05, 0) is 30.7 Å². The molecule has 5 heteroatoms. The molecule has 0 bridgehead atoms. The van der Waals surface area contributed by atoms with Gasteiger partial charge in [-0.3, -0.25) is 4.79 Å². The molecule has 0 aliphatic heterocycles. The molecule has 2 rings (SSSR count). The Labute approximate surface area is 140 Å². The summed E-state index contributed by atoms with van der Waals surface area (Å²) in [7, 11) is 1.87. The third-order valence-corrected chi connectivity index (χ3v) is 3.88. The lowest BCUT2D eigenvalue weighted by Crippen LogP contribution is -2.15. The fourth-order valence-electron chi connectivity index (χ4n) is 2.28. The predicted octanol–water partition coefficient (Wildman–Crippen LogP) is 4.87. The molecule has 0 radical (unpaired) electrons. The molecular weight excluding hydrogens is 321 g/mol. The van der Waals surface area contributed by atoms with Crippen LogP contribution in [0.25, 0.3) is 0 Å². The summed E-state index contributed by atoms with van der Waals surface area (Å²) in [5.41, 5.74) is 2.44. The third-order valence-electron chi connectivity index (χ3n) is 3.27. The van der Waals surface area contributed by atoms with Gasteiger partial charge >= 0.3 is 5.97 Å². The highest BCUT2D eigenvalue weighted by atomic mass is 35.5. The lowest BCUT2D eigenvalue weighted by molar-refractivity contribution is -0.142. The van der Waals surface area contributed by atoms with E-state index in [1.807, 2.05) is 36.2 Å². The van der Waals surface area contributed by atoms with Crippen molar-refractivity contribution in [1.29, 1.82) is 0 Å². The molecule has 2 aromatic rings. The highest BCUT2D eigenvalue weighted by Crippen LogP contribution is 2.38. The SMILES string of the molecule is CCOC(=O)Cc1ccccc1N(C)c1c(Cl)cccc1Cl. The molecule has 0 aromatic heterocycles. The Morgan fingerprint density at radius 2 is 1.73 bits per heavy atom. The first-order valence-corrected chi connectivity index (χ1v) is 7.71. The van der Waals surface area contributed by atoms with Crippen molar-refractivity contribution in [2.24, 2.45) is 0 Å². The fraction of sp³-hybridized carbons (Fsp3) is 0.235. The molecule has 0 unspecified atom stereocenters. The first-order chi connectivity index (χ1) is 10.5. The van der Waals surface area contributed by atoms with Crippen LogP contribution < -0.4 is 4.90 Å². The van der Waals surface area contributed by atoms with Crippen molar-refractivity contribution < 1.29 is 9.53 Å². The van der Waals surface area contributed by atoms with E-state index in [1.54, 1.807) is 25.1 Å². The zero-order valence-electron chi connectivity index (χ0n) is 12.5. The number of anilines is 2. The number of benzene rings is 2. The maximum absolute atomic E-state index is 11.8. The van der Waals surface area contributed by atoms with E-state index in [0.29, 0.717) is 22.3 Å². The lowest BCUT2D eigenvalue weighted by Gasteiger charge is -2.24. The van der Waals surface area contributed by atoms with Crippen LogP contribution in [-0.2, 0) is 16.0 Å². The monoisotopic (exact) mass is 337 g/mol. The molecule has 0 fully saturated rings. The maximum Gasteiger partial charge on any atom is 0.310 e. The van der Waals surface area contributed by atoms with Crippen molar-refractivity contribution in [3.05, 3.63) is 58.1 Å². The standard InChI is InChI=1S/C17H17Cl2NO2/c1-3-22-16(21)11-12-7-4-5-10-15(12)20(2)17-13(18)8-6-9-14(17)19/h4-10H,3,11H2,1-2H3. The van der Waals surface area contributed by atoms with E-state index in [9.17, 15) is 4.79 Å². The lowest BCUT2D eigenvalue weighted by atomic mass is 10.1. The zero-order valence-corrected chi connectivity index (χ0v) is 14.0. The number of esters is 1. The van der Waals surface area contributed by atoms with Crippen LogP contribution in [0, 0.1) is 0 Å². The summed E-state index contributed by atoms with van der Waals surface area (Å²) in [4.78, 5) is 13.7. The third kappa shape index (κ3) is 3.73. The van der Waals surface area contributed by atoms with Gasteiger partial charge in [0.05, 0.1) is 28.8 Å². The summed E-state index contributed by atoms with van der Waals surface area (Å²) < 4.78 is 5.02. The molecule has 0 heterocycles. The van der Waals surface area contributed by atoms with E-state index in [2.05, 4.69) is 0 Å². The molecule has 3 nitrogen and oxygen atoms in total. The number of nitrogens with zero attached hydrogens (tertiary/aromatic N) is 1. The number of hydrogen-bond acceptors (Lipinski definition) is 3. The number of rotatable bonds is 5. The van der Waals surface area contributed by atoms with Crippen LogP contribution in [0.4, 0.5) is 11.4 Å². The van der Waals surface area contributed by atoms with Crippen LogP contribution >= 0.6 is 23.2 Å². The molecule has 0 aliphatic carbocycles. The van der Waals surface area contributed by atoms with Crippen LogP contribution in [0.1, 0.15) is 12.5 Å². The van der Waals surface area contributed by atoms with Gasteiger partial charge in [0.2, 0.25) is 0 Å². The number of halogens is 2. The van der Waals surface area contributed by atoms with E-state index in [4.69, 9.17) is 27.9 Å². The van der Waals surface area contributed by atoms with Crippen molar-refractivity contribution in [2.45, 2.75) is 13.3 Å². The molecule has 0 atom stereocenters. The highest BCUT2D eigenvalue weighted by molar-refractivity contribution is 6.39. The maximum atomic E-state index is 11.8. The molecule has 0 N–H and O–H groups in total. The average molecular weight is 338 g/mol. The minimum Gasteiger partial charge on any atom is -0.466 e. The molecule has 0 saturated heterocycles. The topological polar surface area (TPSA) is 29.5 Å². The Balaban J connectivity index is 2.38. The van der Waals surface area contributed by atoms with E-state index in [-0.39, 0.29) is 12.4 Å². The number of hydrogen-bond donors (Lipinski definition) is 0. The molecule has 0 amide bonds. The van der Waals surface area contributed by atoms with Gasteiger partial charge in [0.1, 0.15) is 0 Å². The van der Waals surface area contributed by atoms with Crippen LogP contribution in [0.3, 0.4) is 0 Å².